The average Bonchev–Trinajstić information content (AvgIpc) is 2.67. The summed E-state index contributed by atoms with van der Waals surface area (Å²) in [6.45, 7) is 0.200. The monoisotopic (exact) mass is 234 g/mol. The standard InChI is InChI=1S/C12H14N2O3/c1-13(2)12(17)14-7-9(11(15)16)8-5-3-4-6-10(8)14/h3-6,9H,7H2,1-2H3,(H,15,16). The molecular weight excluding hydrogens is 220 g/mol. The van der Waals surface area contributed by atoms with E-state index in [1.54, 1.807) is 38.4 Å². The molecule has 1 atom stereocenters. The molecule has 0 radical (unpaired) electrons. The van der Waals surface area contributed by atoms with Crippen LogP contribution in [0.25, 0.3) is 0 Å². The van der Waals surface area contributed by atoms with E-state index in [1.807, 2.05) is 0 Å². The number of urea groups is 1. The van der Waals surface area contributed by atoms with Crippen LogP contribution in [0.2, 0.25) is 0 Å². The Hall–Kier alpha value is -2.04. The number of hydrogen-bond donors (Lipinski definition) is 1. The molecule has 1 heterocycles. The zero-order chi connectivity index (χ0) is 12.6. The van der Waals surface area contributed by atoms with E-state index >= 15 is 0 Å². The lowest BCUT2D eigenvalue weighted by atomic mass is 10.0. The summed E-state index contributed by atoms with van der Waals surface area (Å²) in [6.07, 6.45) is 0. The molecule has 0 saturated heterocycles. The molecule has 1 aliphatic rings. The van der Waals surface area contributed by atoms with Crippen molar-refractivity contribution >= 4 is 17.7 Å². The highest BCUT2D eigenvalue weighted by Crippen LogP contribution is 2.36. The number of carboxylic acids is 1. The highest BCUT2D eigenvalue weighted by molar-refractivity contribution is 5.97. The molecule has 1 unspecified atom stereocenters. The first-order valence-electron chi connectivity index (χ1n) is 5.33. The smallest absolute Gasteiger partial charge is 0.323 e. The van der Waals surface area contributed by atoms with Gasteiger partial charge in [-0.3, -0.25) is 9.69 Å². The number of carbonyl (C=O) groups excluding carboxylic acids is 1. The molecule has 5 nitrogen and oxygen atoms in total. The maximum absolute atomic E-state index is 11.9. The van der Waals surface area contributed by atoms with Gasteiger partial charge >= 0.3 is 12.0 Å². The quantitative estimate of drug-likeness (QED) is 0.798. The average molecular weight is 234 g/mol. The lowest BCUT2D eigenvalue weighted by molar-refractivity contribution is -0.138. The van der Waals surface area contributed by atoms with E-state index in [4.69, 9.17) is 5.11 Å². The molecule has 1 N–H and O–H groups in total. The Bertz CT molecular complexity index is 471. The van der Waals surface area contributed by atoms with Crippen molar-refractivity contribution in [3.63, 3.8) is 0 Å². The predicted octanol–water partition coefficient (Wildman–Crippen LogP) is 1.36. The first-order chi connectivity index (χ1) is 8.02. The largest absolute Gasteiger partial charge is 0.481 e. The van der Waals surface area contributed by atoms with Gasteiger partial charge in [0.1, 0.15) is 5.92 Å². The van der Waals surface area contributed by atoms with Gasteiger partial charge in [-0.15, -0.1) is 0 Å². The zero-order valence-electron chi connectivity index (χ0n) is 9.75. The van der Waals surface area contributed by atoms with Crippen molar-refractivity contribution in [2.45, 2.75) is 5.92 Å². The van der Waals surface area contributed by atoms with Crippen LogP contribution in [0.15, 0.2) is 24.3 Å². The van der Waals surface area contributed by atoms with Crippen molar-refractivity contribution in [1.29, 1.82) is 0 Å². The Morgan fingerprint density at radius 2 is 2.00 bits per heavy atom. The molecule has 5 heteroatoms. The zero-order valence-corrected chi connectivity index (χ0v) is 9.75. The fourth-order valence-corrected chi connectivity index (χ4v) is 2.04. The van der Waals surface area contributed by atoms with Crippen LogP contribution < -0.4 is 4.90 Å². The number of nitrogens with zero attached hydrogens (tertiary/aromatic N) is 2. The maximum atomic E-state index is 11.9. The van der Waals surface area contributed by atoms with Gasteiger partial charge in [-0.25, -0.2) is 4.79 Å². The minimum absolute atomic E-state index is 0.193. The summed E-state index contributed by atoms with van der Waals surface area (Å²) in [4.78, 5) is 26.0. The molecular formula is C12H14N2O3. The SMILES string of the molecule is CN(C)C(=O)N1CC(C(=O)O)c2ccccc21. The number of amides is 2. The fraction of sp³-hybridized carbons (Fsp3) is 0.333. The fourth-order valence-electron chi connectivity index (χ4n) is 2.04. The van der Waals surface area contributed by atoms with Crippen molar-refractivity contribution in [2.24, 2.45) is 0 Å². The van der Waals surface area contributed by atoms with Crippen molar-refractivity contribution in [1.82, 2.24) is 4.90 Å². The van der Waals surface area contributed by atoms with Crippen LogP contribution in [0.3, 0.4) is 0 Å². The third-order valence-electron chi connectivity index (χ3n) is 2.88. The summed E-state index contributed by atoms with van der Waals surface area (Å²) in [5.74, 6) is -1.53. The highest BCUT2D eigenvalue weighted by atomic mass is 16.4. The number of hydrogen-bond acceptors (Lipinski definition) is 2. The number of carboxylic acid groups (broad SMARTS) is 1. The molecule has 0 saturated carbocycles. The molecule has 0 bridgehead atoms. The Labute approximate surface area is 99.3 Å². The number of anilines is 1. The number of fused-ring (bicyclic) bond motifs is 1. The summed E-state index contributed by atoms with van der Waals surface area (Å²) < 4.78 is 0. The van der Waals surface area contributed by atoms with E-state index in [-0.39, 0.29) is 12.6 Å². The molecule has 1 aromatic carbocycles. The van der Waals surface area contributed by atoms with Crippen LogP contribution in [0.1, 0.15) is 11.5 Å². The first-order valence-corrected chi connectivity index (χ1v) is 5.33. The van der Waals surface area contributed by atoms with Gasteiger partial charge in [-0.2, -0.15) is 0 Å². The summed E-state index contributed by atoms with van der Waals surface area (Å²) in [5.41, 5.74) is 1.40. The van der Waals surface area contributed by atoms with Gasteiger partial charge in [-0.1, -0.05) is 18.2 Å². The molecule has 0 aromatic heterocycles. The highest BCUT2D eigenvalue weighted by Gasteiger charge is 2.36. The summed E-state index contributed by atoms with van der Waals surface area (Å²) >= 11 is 0. The Balaban J connectivity index is 2.41. The minimum Gasteiger partial charge on any atom is -0.481 e. The van der Waals surface area contributed by atoms with Crippen LogP contribution in [0.4, 0.5) is 10.5 Å². The molecule has 2 amide bonds. The molecule has 1 aromatic rings. The maximum Gasteiger partial charge on any atom is 0.323 e. The third kappa shape index (κ3) is 1.84. The van der Waals surface area contributed by atoms with E-state index in [0.717, 1.165) is 0 Å². The van der Waals surface area contributed by atoms with E-state index in [0.29, 0.717) is 11.3 Å². The number of carbonyl (C=O) groups is 2. The lowest BCUT2D eigenvalue weighted by Crippen LogP contribution is -2.39. The van der Waals surface area contributed by atoms with Gasteiger partial charge in [0.2, 0.25) is 0 Å². The van der Waals surface area contributed by atoms with Gasteiger partial charge < -0.3 is 10.0 Å². The van der Waals surface area contributed by atoms with E-state index in [1.165, 1.54) is 9.80 Å². The van der Waals surface area contributed by atoms with Crippen LogP contribution in [0.5, 0.6) is 0 Å². The summed E-state index contributed by atoms with van der Waals surface area (Å²) in [7, 11) is 3.30. The van der Waals surface area contributed by atoms with E-state index < -0.39 is 11.9 Å². The molecule has 1 aliphatic heterocycles. The number of aliphatic carboxylic acids is 1. The van der Waals surface area contributed by atoms with Crippen LogP contribution in [-0.4, -0.2) is 42.6 Å². The molecule has 90 valence electrons. The van der Waals surface area contributed by atoms with Crippen LogP contribution in [-0.2, 0) is 4.79 Å². The Morgan fingerprint density at radius 1 is 1.35 bits per heavy atom. The minimum atomic E-state index is -0.897. The van der Waals surface area contributed by atoms with Crippen molar-refractivity contribution in [2.75, 3.05) is 25.5 Å². The molecule has 2 rings (SSSR count). The topological polar surface area (TPSA) is 60.9 Å². The summed E-state index contributed by atoms with van der Waals surface area (Å²) in [5, 5.41) is 9.15. The van der Waals surface area contributed by atoms with Gasteiger partial charge in [0.25, 0.3) is 0 Å². The normalized spacial score (nSPS) is 17.8. The van der Waals surface area contributed by atoms with Gasteiger partial charge in [0.05, 0.1) is 0 Å². The molecule has 0 fully saturated rings. The number of rotatable bonds is 1. The van der Waals surface area contributed by atoms with Crippen molar-refractivity contribution < 1.29 is 14.7 Å². The van der Waals surface area contributed by atoms with Crippen LogP contribution >= 0.6 is 0 Å². The van der Waals surface area contributed by atoms with Gasteiger partial charge in [0, 0.05) is 26.3 Å². The molecule has 0 spiro atoms. The van der Waals surface area contributed by atoms with E-state index in [9.17, 15) is 9.59 Å². The van der Waals surface area contributed by atoms with Crippen LogP contribution in [0, 0.1) is 0 Å². The third-order valence-corrected chi connectivity index (χ3v) is 2.88. The Morgan fingerprint density at radius 3 is 2.59 bits per heavy atom. The number of para-hydroxylation sites is 1. The second-order valence-corrected chi connectivity index (χ2v) is 4.24. The molecule has 0 aliphatic carbocycles. The first kappa shape index (κ1) is 11.4. The Kier molecular flexibility index (Phi) is 2.75. The van der Waals surface area contributed by atoms with Gasteiger partial charge in [-0.05, 0) is 11.6 Å². The second-order valence-electron chi connectivity index (χ2n) is 4.24. The summed E-state index contributed by atoms with van der Waals surface area (Å²) in [6, 6.07) is 6.94. The number of benzene rings is 1. The second kappa shape index (κ2) is 4.08. The van der Waals surface area contributed by atoms with Crippen molar-refractivity contribution in [3.8, 4) is 0 Å². The van der Waals surface area contributed by atoms with Gasteiger partial charge in [0.15, 0.2) is 0 Å². The van der Waals surface area contributed by atoms with Crippen molar-refractivity contribution in [3.05, 3.63) is 29.8 Å². The van der Waals surface area contributed by atoms with E-state index in [2.05, 4.69) is 0 Å². The predicted molar refractivity (Wildman–Crippen MR) is 63.2 cm³/mol. The lowest BCUT2D eigenvalue weighted by Gasteiger charge is -2.21. The molecule has 17 heavy (non-hydrogen) atoms.